The van der Waals surface area contributed by atoms with Crippen molar-refractivity contribution in [1.29, 1.82) is 0 Å². The van der Waals surface area contributed by atoms with Crippen LogP contribution in [0.5, 0.6) is 0 Å². The minimum absolute atomic E-state index is 0. The first-order chi connectivity index (χ1) is 14.2. The van der Waals surface area contributed by atoms with E-state index >= 15 is 0 Å². The summed E-state index contributed by atoms with van der Waals surface area (Å²) in [4.78, 5) is 18.5. The second-order valence-electron chi connectivity index (χ2n) is 7.58. The second-order valence-corrected chi connectivity index (χ2v) is 7.58. The highest BCUT2D eigenvalue weighted by molar-refractivity contribution is 14.0. The van der Waals surface area contributed by atoms with E-state index in [1.54, 1.807) is 4.90 Å². The molecule has 2 aliphatic heterocycles. The second kappa shape index (κ2) is 13.0. The number of hydrogen-bond donors (Lipinski definition) is 2. The van der Waals surface area contributed by atoms with Crippen molar-refractivity contribution in [2.75, 3.05) is 39.4 Å². The number of rotatable bonds is 6. The van der Waals surface area contributed by atoms with Crippen LogP contribution in [0.2, 0.25) is 0 Å². The van der Waals surface area contributed by atoms with Gasteiger partial charge >= 0.3 is 6.09 Å². The molecule has 2 atom stereocenters. The fourth-order valence-electron chi connectivity index (χ4n) is 3.98. The third kappa shape index (κ3) is 7.01. The van der Waals surface area contributed by atoms with Crippen LogP contribution < -0.4 is 10.6 Å². The molecule has 0 radical (unpaired) electrons. The normalized spacial score (nSPS) is 22.3. The van der Waals surface area contributed by atoms with Crippen LogP contribution in [-0.4, -0.2) is 62.4 Å². The van der Waals surface area contributed by atoms with Crippen LogP contribution in [0.3, 0.4) is 0 Å². The van der Waals surface area contributed by atoms with E-state index in [4.69, 9.17) is 14.5 Å². The van der Waals surface area contributed by atoms with Gasteiger partial charge in [0, 0.05) is 44.7 Å². The number of benzene rings is 1. The van der Waals surface area contributed by atoms with Gasteiger partial charge in [0.25, 0.3) is 0 Å². The average Bonchev–Trinajstić information content (AvgIpc) is 3.22. The fourth-order valence-corrected chi connectivity index (χ4v) is 3.98. The zero-order valence-electron chi connectivity index (χ0n) is 18.0. The van der Waals surface area contributed by atoms with E-state index in [2.05, 4.69) is 41.8 Å². The standard InChI is InChI=1S/C22H34N4O3.HI/c1-3-23-21(25-19-10-13-26(14-11-19)22(27)28-4-2)24-16-18-12-15-29-20(18)17-8-6-5-7-9-17;/h5-9,18-20H,3-4,10-16H2,1-2H3,(H2,23,24,25);1H. The molecule has 0 spiro atoms. The Morgan fingerprint density at radius 2 is 1.93 bits per heavy atom. The maximum absolute atomic E-state index is 11.9. The Kier molecular flexibility index (Phi) is 10.7. The number of halogens is 1. The van der Waals surface area contributed by atoms with Gasteiger partial charge in [-0.1, -0.05) is 30.3 Å². The largest absolute Gasteiger partial charge is 0.450 e. The van der Waals surface area contributed by atoms with Crippen LogP contribution in [0.15, 0.2) is 35.3 Å². The summed E-state index contributed by atoms with van der Waals surface area (Å²) in [7, 11) is 0. The van der Waals surface area contributed by atoms with Crippen molar-refractivity contribution in [3.05, 3.63) is 35.9 Å². The molecule has 8 heteroatoms. The maximum atomic E-state index is 11.9. The smallest absolute Gasteiger partial charge is 0.409 e. The van der Waals surface area contributed by atoms with Crippen LogP contribution in [-0.2, 0) is 9.47 Å². The van der Waals surface area contributed by atoms with Crippen molar-refractivity contribution in [2.45, 2.75) is 45.3 Å². The van der Waals surface area contributed by atoms with Crippen molar-refractivity contribution in [1.82, 2.24) is 15.5 Å². The molecule has 2 fully saturated rings. The minimum atomic E-state index is -0.209. The average molecular weight is 530 g/mol. The van der Waals surface area contributed by atoms with Crippen LogP contribution >= 0.6 is 24.0 Å². The summed E-state index contributed by atoms with van der Waals surface area (Å²) in [5, 5.41) is 6.90. The molecule has 2 N–H and O–H groups in total. The topological polar surface area (TPSA) is 75.2 Å². The summed E-state index contributed by atoms with van der Waals surface area (Å²) >= 11 is 0. The number of hydrogen-bond acceptors (Lipinski definition) is 4. The van der Waals surface area contributed by atoms with Gasteiger partial charge in [-0.2, -0.15) is 0 Å². The third-order valence-electron chi connectivity index (χ3n) is 5.53. The minimum Gasteiger partial charge on any atom is -0.450 e. The number of piperidine rings is 1. The van der Waals surface area contributed by atoms with Crippen molar-refractivity contribution in [2.24, 2.45) is 10.9 Å². The number of ether oxygens (including phenoxy) is 2. The Morgan fingerprint density at radius 1 is 1.20 bits per heavy atom. The lowest BCUT2D eigenvalue weighted by atomic mass is 9.95. The molecular weight excluding hydrogens is 495 g/mol. The Labute approximate surface area is 197 Å². The predicted octanol–water partition coefficient (Wildman–Crippen LogP) is 3.56. The number of nitrogens with zero attached hydrogens (tertiary/aromatic N) is 2. The zero-order valence-corrected chi connectivity index (χ0v) is 20.3. The van der Waals surface area contributed by atoms with Gasteiger partial charge < -0.3 is 25.0 Å². The Morgan fingerprint density at radius 3 is 2.60 bits per heavy atom. The number of amides is 1. The summed E-state index contributed by atoms with van der Waals surface area (Å²) in [6.07, 6.45) is 2.72. The number of aliphatic imine (C=N–C) groups is 1. The van der Waals surface area contributed by atoms with E-state index < -0.39 is 0 Å². The molecule has 0 aliphatic carbocycles. The molecule has 2 aliphatic rings. The Balaban J connectivity index is 0.00000320. The predicted molar refractivity (Wildman–Crippen MR) is 129 cm³/mol. The summed E-state index contributed by atoms with van der Waals surface area (Å²) in [5.41, 5.74) is 1.23. The van der Waals surface area contributed by atoms with Gasteiger partial charge in [-0.15, -0.1) is 24.0 Å². The molecule has 0 aromatic heterocycles. The Hall–Kier alpha value is -1.55. The SMILES string of the molecule is CCNC(=NCC1CCOC1c1ccccc1)NC1CCN(C(=O)OCC)CC1.I. The Bertz CT molecular complexity index is 666. The monoisotopic (exact) mass is 530 g/mol. The van der Waals surface area contributed by atoms with Gasteiger partial charge in [0.05, 0.1) is 12.7 Å². The lowest BCUT2D eigenvalue weighted by molar-refractivity contribution is 0.0925. The number of likely N-dealkylation sites (tertiary alicyclic amines) is 1. The molecule has 30 heavy (non-hydrogen) atoms. The molecule has 1 aromatic carbocycles. The van der Waals surface area contributed by atoms with E-state index in [1.165, 1.54) is 5.56 Å². The van der Waals surface area contributed by atoms with Gasteiger partial charge in [0.1, 0.15) is 0 Å². The van der Waals surface area contributed by atoms with Gasteiger partial charge in [-0.3, -0.25) is 4.99 Å². The van der Waals surface area contributed by atoms with Gasteiger partial charge in [0.2, 0.25) is 0 Å². The number of carbonyl (C=O) groups is 1. The van der Waals surface area contributed by atoms with Crippen LogP contribution in [0.4, 0.5) is 4.79 Å². The van der Waals surface area contributed by atoms with Gasteiger partial charge in [0.15, 0.2) is 5.96 Å². The maximum Gasteiger partial charge on any atom is 0.409 e. The molecule has 0 saturated carbocycles. The fraction of sp³-hybridized carbons (Fsp3) is 0.636. The van der Waals surface area contributed by atoms with Crippen molar-refractivity contribution in [3.63, 3.8) is 0 Å². The first-order valence-corrected chi connectivity index (χ1v) is 10.8. The molecule has 7 nitrogen and oxygen atoms in total. The van der Waals surface area contributed by atoms with Gasteiger partial charge in [-0.25, -0.2) is 4.79 Å². The zero-order chi connectivity index (χ0) is 20.5. The number of carbonyl (C=O) groups excluding carboxylic acids is 1. The van der Waals surface area contributed by atoms with Crippen LogP contribution in [0.1, 0.15) is 44.8 Å². The lowest BCUT2D eigenvalue weighted by Gasteiger charge is -2.32. The molecule has 2 unspecified atom stereocenters. The highest BCUT2D eigenvalue weighted by Crippen LogP contribution is 2.34. The van der Waals surface area contributed by atoms with Gasteiger partial charge in [-0.05, 0) is 38.7 Å². The summed E-state index contributed by atoms with van der Waals surface area (Å²) in [6.45, 7) is 8.09. The van der Waals surface area contributed by atoms with Crippen molar-refractivity contribution >= 4 is 36.0 Å². The molecule has 1 amide bonds. The van der Waals surface area contributed by atoms with E-state index in [9.17, 15) is 4.79 Å². The third-order valence-corrected chi connectivity index (χ3v) is 5.53. The molecule has 0 bridgehead atoms. The van der Waals surface area contributed by atoms with E-state index in [0.29, 0.717) is 31.7 Å². The first kappa shape index (κ1) is 24.7. The summed E-state index contributed by atoms with van der Waals surface area (Å²) in [5.74, 6) is 1.24. The van der Waals surface area contributed by atoms with Crippen LogP contribution in [0.25, 0.3) is 0 Å². The molecule has 168 valence electrons. The highest BCUT2D eigenvalue weighted by Gasteiger charge is 2.29. The quantitative estimate of drug-likeness (QED) is 0.334. The first-order valence-electron chi connectivity index (χ1n) is 10.8. The molecule has 1 aromatic rings. The van der Waals surface area contributed by atoms with Crippen molar-refractivity contribution in [3.8, 4) is 0 Å². The van der Waals surface area contributed by atoms with E-state index in [1.807, 2.05) is 13.0 Å². The molecule has 3 rings (SSSR count). The number of nitrogens with one attached hydrogen (secondary N) is 2. The number of guanidine groups is 1. The van der Waals surface area contributed by atoms with Crippen LogP contribution in [0, 0.1) is 5.92 Å². The highest BCUT2D eigenvalue weighted by atomic mass is 127. The molecular formula is C22H35IN4O3. The van der Waals surface area contributed by atoms with Crippen molar-refractivity contribution < 1.29 is 14.3 Å². The van der Waals surface area contributed by atoms with E-state index in [-0.39, 0.29) is 36.2 Å². The lowest BCUT2D eigenvalue weighted by Crippen LogP contribution is -2.50. The van der Waals surface area contributed by atoms with E-state index in [0.717, 1.165) is 44.9 Å². The molecule has 2 saturated heterocycles. The summed E-state index contributed by atoms with van der Waals surface area (Å²) < 4.78 is 11.1. The summed E-state index contributed by atoms with van der Waals surface area (Å²) in [6, 6.07) is 10.7. The molecule has 2 heterocycles.